The third-order valence-corrected chi connectivity index (χ3v) is 4.45. The third-order valence-electron chi connectivity index (χ3n) is 2.79. The Kier molecular flexibility index (Phi) is 4.38. The van der Waals surface area contributed by atoms with E-state index in [4.69, 9.17) is 16.3 Å². The molecule has 1 unspecified atom stereocenters. The first kappa shape index (κ1) is 17.0. The summed E-state index contributed by atoms with van der Waals surface area (Å²) < 4.78 is 47.5. The molecule has 0 saturated carbocycles. The van der Waals surface area contributed by atoms with Crippen LogP contribution in [0, 0.1) is 5.82 Å². The number of carbonyl (C=O) groups excluding carboxylic acids is 1. The molecule has 1 fully saturated rings. The smallest absolute Gasteiger partial charge is 0.426 e. The van der Waals surface area contributed by atoms with Crippen LogP contribution in [0.15, 0.2) is 18.2 Å². The lowest BCUT2D eigenvalue weighted by molar-refractivity contribution is 0.0356. The van der Waals surface area contributed by atoms with Gasteiger partial charge in [0.25, 0.3) is 0 Å². The topological polar surface area (TPSA) is 72.9 Å². The molecule has 1 aliphatic heterocycles. The molecule has 1 aromatic rings. The van der Waals surface area contributed by atoms with Crippen LogP contribution in [0.2, 0.25) is 5.02 Å². The van der Waals surface area contributed by atoms with Crippen molar-refractivity contribution in [2.24, 2.45) is 0 Å². The molecule has 1 saturated heterocycles. The van der Waals surface area contributed by atoms with E-state index in [1.54, 1.807) is 20.8 Å². The molecule has 122 valence electrons. The average Bonchev–Trinajstić information content (AvgIpc) is 2.66. The van der Waals surface area contributed by atoms with Gasteiger partial charge in [-0.2, -0.15) is 12.7 Å². The highest BCUT2D eigenvalue weighted by Gasteiger charge is 2.46. The molecule has 2 rings (SSSR count). The molecule has 0 radical (unpaired) electrons. The quantitative estimate of drug-likeness (QED) is 0.777. The van der Waals surface area contributed by atoms with Crippen LogP contribution < -0.4 is 0 Å². The Labute approximate surface area is 133 Å². The van der Waals surface area contributed by atoms with Gasteiger partial charge in [0, 0.05) is 5.02 Å². The number of amides is 1. The van der Waals surface area contributed by atoms with Gasteiger partial charge in [-0.25, -0.2) is 9.18 Å². The maximum atomic E-state index is 13.4. The van der Waals surface area contributed by atoms with Crippen LogP contribution in [-0.4, -0.2) is 31.0 Å². The summed E-state index contributed by atoms with van der Waals surface area (Å²) in [5.74, 6) is -0.604. The first-order valence-corrected chi connectivity index (χ1v) is 8.12. The van der Waals surface area contributed by atoms with Crippen LogP contribution >= 0.6 is 11.6 Å². The van der Waals surface area contributed by atoms with E-state index in [1.807, 2.05) is 0 Å². The lowest BCUT2D eigenvalue weighted by Crippen LogP contribution is -2.39. The van der Waals surface area contributed by atoms with Gasteiger partial charge >= 0.3 is 16.4 Å². The SMILES string of the molecule is CC(C)(C)OC(=O)N1C(c2cc(F)ccc2Cl)COS1(=O)=O. The van der Waals surface area contributed by atoms with Crippen molar-refractivity contribution in [3.05, 3.63) is 34.6 Å². The predicted molar refractivity (Wildman–Crippen MR) is 77.1 cm³/mol. The Morgan fingerprint density at radius 3 is 2.68 bits per heavy atom. The van der Waals surface area contributed by atoms with Crippen molar-refractivity contribution in [3.63, 3.8) is 0 Å². The first-order valence-electron chi connectivity index (χ1n) is 6.38. The Balaban J connectivity index is 2.43. The van der Waals surface area contributed by atoms with Gasteiger partial charge in [0.05, 0.1) is 6.61 Å². The monoisotopic (exact) mass is 351 g/mol. The fraction of sp³-hybridized carbons (Fsp3) is 0.462. The summed E-state index contributed by atoms with van der Waals surface area (Å²) in [7, 11) is -4.31. The summed E-state index contributed by atoms with van der Waals surface area (Å²) >= 11 is 5.98. The lowest BCUT2D eigenvalue weighted by atomic mass is 10.1. The minimum absolute atomic E-state index is 0.126. The van der Waals surface area contributed by atoms with E-state index >= 15 is 0 Å². The van der Waals surface area contributed by atoms with E-state index in [2.05, 4.69) is 4.18 Å². The Bertz CT molecular complexity index is 701. The summed E-state index contributed by atoms with van der Waals surface area (Å²) in [6, 6.07) is 2.40. The van der Waals surface area contributed by atoms with Gasteiger partial charge in [0.1, 0.15) is 17.5 Å². The molecule has 1 amide bonds. The molecule has 1 heterocycles. The number of halogens is 2. The number of benzene rings is 1. The molecule has 6 nitrogen and oxygen atoms in total. The van der Waals surface area contributed by atoms with Gasteiger partial charge in [-0.05, 0) is 44.5 Å². The van der Waals surface area contributed by atoms with Gasteiger partial charge in [-0.15, -0.1) is 0 Å². The number of hydrogen-bond donors (Lipinski definition) is 0. The highest BCUT2D eigenvalue weighted by molar-refractivity contribution is 7.85. The van der Waals surface area contributed by atoms with E-state index in [9.17, 15) is 17.6 Å². The van der Waals surface area contributed by atoms with Crippen LogP contribution in [0.5, 0.6) is 0 Å². The van der Waals surface area contributed by atoms with E-state index in [-0.39, 0.29) is 17.2 Å². The molecule has 0 aromatic heterocycles. The van der Waals surface area contributed by atoms with Crippen LogP contribution in [0.3, 0.4) is 0 Å². The standard InChI is InChI=1S/C13H15ClFNO5S/c1-13(2,3)21-12(17)16-11(7-20-22(16,18)19)9-6-8(15)4-5-10(9)14/h4-6,11H,7H2,1-3H3. The average molecular weight is 352 g/mol. The molecular weight excluding hydrogens is 337 g/mol. The summed E-state index contributed by atoms with van der Waals surface area (Å²) in [5, 5.41) is 0.126. The van der Waals surface area contributed by atoms with Crippen molar-refractivity contribution in [1.29, 1.82) is 0 Å². The predicted octanol–water partition coefficient (Wildman–Crippen LogP) is 3.03. The highest BCUT2D eigenvalue weighted by atomic mass is 35.5. The Morgan fingerprint density at radius 1 is 1.45 bits per heavy atom. The van der Waals surface area contributed by atoms with Crippen molar-refractivity contribution < 1.29 is 26.5 Å². The minimum Gasteiger partial charge on any atom is -0.443 e. The molecule has 0 aliphatic carbocycles. The Morgan fingerprint density at radius 2 is 2.09 bits per heavy atom. The molecular formula is C13H15ClFNO5S. The van der Waals surface area contributed by atoms with E-state index in [0.717, 1.165) is 12.1 Å². The Hall–Kier alpha value is -1.38. The molecule has 0 spiro atoms. The minimum atomic E-state index is -4.31. The summed E-state index contributed by atoms with van der Waals surface area (Å²) in [5.41, 5.74) is -0.764. The number of nitrogens with zero attached hydrogens (tertiary/aromatic N) is 1. The van der Waals surface area contributed by atoms with Gasteiger partial charge in [-0.3, -0.25) is 4.18 Å². The summed E-state index contributed by atoms with van der Waals surface area (Å²) in [6.07, 6.45) is -1.10. The van der Waals surface area contributed by atoms with Crippen molar-refractivity contribution >= 4 is 28.0 Å². The zero-order chi connectivity index (χ0) is 16.7. The van der Waals surface area contributed by atoms with Gasteiger partial charge < -0.3 is 4.74 Å². The molecule has 1 atom stereocenters. The third kappa shape index (κ3) is 3.50. The van der Waals surface area contributed by atoms with Crippen molar-refractivity contribution in [2.45, 2.75) is 32.4 Å². The number of carbonyl (C=O) groups is 1. The van der Waals surface area contributed by atoms with Crippen LogP contribution in [-0.2, 0) is 19.2 Å². The van der Waals surface area contributed by atoms with E-state index in [1.165, 1.54) is 6.07 Å². The second-order valence-corrected chi connectivity index (χ2v) is 7.59. The van der Waals surface area contributed by atoms with Crippen molar-refractivity contribution in [3.8, 4) is 0 Å². The lowest BCUT2D eigenvalue weighted by Gasteiger charge is -2.26. The zero-order valence-electron chi connectivity index (χ0n) is 12.2. The van der Waals surface area contributed by atoms with Crippen LogP contribution in [0.25, 0.3) is 0 Å². The molecule has 1 aromatic carbocycles. The van der Waals surface area contributed by atoms with Gasteiger partial charge in [0.15, 0.2) is 0 Å². The largest absolute Gasteiger partial charge is 0.443 e. The van der Waals surface area contributed by atoms with Crippen LogP contribution in [0.1, 0.15) is 32.4 Å². The second-order valence-electron chi connectivity index (χ2n) is 5.70. The maximum Gasteiger partial charge on any atom is 0.426 e. The normalized spacial score (nSPS) is 21.0. The van der Waals surface area contributed by atoms with Gasteiger partial charge in [-0.1, -0.05) is 11.6 Å². The highest BCUT2D eigenvalue weighted by Crippen LogP contribution is 2.36. The molecule has 9 heteroatoms. The summed E-state index contributed by atoms with van der Waals surface area (Å²) in [4.78, 5) is 12.2. The molecule has 22 heavy (non-hydrogen) atoms. The fourth-order valence-electron chi connectivity index (χ4n) is 1.94. The van der Waals surface area contributed by atoms with Crippen molar-refractivity contribution in [1.82, 2.24) is 4.31 Å². The molecule has 0 N–H and O–H groups in total. The first-order chi connectivity index (χ1) is 10.0. The number of hydrogen-bond acceptors (Lipinski definition) is 5. The second kappa shape index (κ2) is 5.68. The molecule has 0 bridgehead atoms. The van der Waals surface area contributed by atoms with Crippen molar-refractivity contribution in [2.75, 3.05) is 6.61 Å². The fourth-order valence-corrected chi connectivity index (χ4v) is 3.31. The zero-order valence-corrected chi connectivity index (χ0v) is 13.7. The van der Waals surface area contributed by atoms with E-state index in [0.29, 0.717) is 4.31 Å². The van der Waals surface area contributed by atoms with Crippen LogP contribution in [0.4, 0.5) is 9.18 Å². The van der Waals surface area contributed by atoms with E-state index < -0.39 is 33.9 Å². The molecule has 1 aliphatic rings. The maximum absolute atomic E-state index is 13.4. The number of rotatable bonds is 1. The summed E-state index contributed by atoms with van der Waals surface area (Å²) in [6.45, 7) is 4.43. The number of ether oxygens (including phenoxy) is 1. The van der Waals surface area contributed by atoms with Gasteiger partial charge in [0.2, 0.25) is 0 Å².